The summed E-state index contributed by atoms with van der Waals surface area (Å²) in [7, 11) is 1.41. The van der Waals surface area contributed by atoms with Gasteiger partial charge in [-0.2, -0.15) is 0 Å². The number of hydrogen-bond acceptors (Lipinski definition) is 4. The average Bonchev–Trinajstić information content (AvgIpc) is 2.39. The molecule has 1 N–H and O–H groups in total. The molecule has 0 aliphatic heterocycles. The molecule has 2 rings (SSSR count). The number of rotatable bonds is 3. The standard InChI is InChI=1S/C13H10ClFN2O3S/c1-8-4-11(21(14,19)20)2-3-12(8)17-13(18)9-5-10(15)7-16-6-9/h2-7H,1H3,(H,17,18). The van der Waals surface area contributed by atoms with Crippen LogP contribution < -0.4 is 5.32 Å². The fraction of sp³-hybridized carbons (Fsp3) is 0.0769. The lowest BCUT2D eigenvalue weighted by Gasteiger charge is -2.09. The molecule has 0 bridgehead atoms. The minimum absolute atomic E-state index is 0.0587. The molecular formula is C13H10ClFN2O3S. The van der Waals surface area contributed by atoms with Gasteiger partial charge in [0.2, 0.25) is 0 Å². The van der Waals surface area contributed by atoms with Crippen molar-refractivity contribution in [3.8, 4) is 0 Å². The van der Waals surface area contributed by atoms with Crippen LogP contribution in [-0.4, -0.2) is 19.3 Å². The lowest BCUT2D eigenvalue weighted by Crippen LogP contribution is -2.13. The van der Waals surface area contributed by atoms with Crippen LogP contribution in [0.3, 0.4) is 0 Å². The van der Waals surface area contributed by atoms with Crippen molar-refractivity contribution in [2.24, 2.45) is 0 Å². The second kappa shape index (κ2) is 5.79. The van der Waals surface area contributed by atoms with Gasteiger partial charge >= 0.3 is 0 Å². The Morgan fingerprint density at radius 2 is 2.00 bits per heavy atom. The SMILES string of the molecule is Cc1cc(S(=O)(=O)Cl)ccc1NC(=O)c1cncc(F)c1. The largest absolute Gasteiger partial charge is 0.322 e. The number of carbonyl (C=O) groups excluding carboxylic acids is 1. The van der Waals surface area contributed by atoms with Crippen LogP contribution in [0.25, 0.3) is 0 Å². The molecular weight excluding hydrogens is 319 g/mol. The summed E-state index contributed by atoms with van der Waals surface area (Å²) in [6.45, 7) is 1.62. The number of carbonyl (C=O) groups is 1. The number of nitrogens with one attached hydrogen (secondary N) is 1. The zero-order valence-corrected chi connectivity index (χ0v) is 12.4. The summed E-state index contributed by atoms with van der Waals surface area (Å²) in [6.07, 6.45) is 2.22. The molecule has 0 radical (unpaired) electrons. The molecule has 2 aromatic rings. The molecule has 1 amide bonds. The smallest absolute Gasteiger partial charge is 0.261 e. The number of anilines is 1. The van der Waals surface area contributed by atoms with Crippen molar-refractivity contribution >= 4 is 31.3 Å². The van der Waals surface area contributed by atoms with E-state index in [2.05, 4.69) is 10.3 Å². The highest BCUT2D eigenvalue weighted by Crippen LogP contribution is 2.22. The van der Waals surface area contributed by atoms with E-state index in [1.165, 1.54) is 24.4 Å². The average molecular weight is 329 g/mol. The molecule has 5 nitrogen and oxygen atoms in total. The molecule has 1 aromatic carbocycles. The molecule has 1 heterocycles. The van der Waals surface area contributed by atoms with Crippen LogP contribution in [0.2, 0.25) is 0 Å². The van der Waals surface area contributed by atoms with Gasteiger partial charge in [0, 0.05) is 22.6 Å². The fourth-order valence-electron chi connectivity index (χ4n) is 1.66. The van der Waals surface area contributed by atoms with Crippen molar-refractivity contribution in [1.29, 1.82) is 0 Å². The normalized spacial score (nSPS) is 11.2. The molecule has 8 heteroatoms. The van der Waals surface area contributed by atoms with Crippen LogP contribution in [0.15, 0.2) is 41.6 Å². The number of pyridine rings is 1. The Kier molecular flexibility index (Phi) is 4.24. The Hall–Kier alpha value is -1.99. The summed E-state index contributed by atoms with van der Waals surface area (Å²) in [5.41, 5.74) is 0.964. The summed E-state index contributed by atoms with van der Waals surface area (Å²) in [6, 6.07) is 5.07. The molecule has 1 aromatic heterocycles. The van der Waals surface area contributed by atoms with Crippen LogP contribution in [0, 0.1) is 12.7 Å². The van der Waals surface area contributed by atoms with Gasteiger partial charge in [-0.1, -0.05) is 0 Å². The third kappa shape index (κ3) is 3.77. The summed E-state index contributed by atoms with van der Waals surface area (Å²) in [5, 5.41) is 2.55. The van der Waals surface area contributed by atoms with Gasteiger partial charge < -0.3 is 5.32 Å². The predicted molar refractivity (Wildman–Crippen MR) is 76.4 cm³/mol. The lowest BCUT2D eigenvalue weighted by atomic mass is 10.2. The van der Waals surface area contributed by atoms with Crippen LogP contribution in [0.4, 0.5) is 10.1 Å². The monoisotopic (exact) mass is 328 g/mol. The predicted octanol–water partition coefficient (Wildman–Crippen LogP) is 2.71. The number of aryl methyl sites for hydroxylation is 1. The highest BCUT2D eigenvalue weighted by molar-refractivity contribution is 8.13. The van der Waals surface area contributed by atoms with E-state index in [1.807, 2.05) is 0 Å². The minimum atomic E-state index is -3.83. The first kappa shape index (κ1) is 15.4. The Labute approximate surface area is 125 Å². The van der Waals surface area contributed by atoms with Gasteiger partial charge in [-0.3, -0.25) is 9.78 Å². The second-order valence-corrected chi connectivity index (χ2v) is 6.83. The van der Waals surface area contributed by atoms with E-state index >= 15 is 0 Å². The minimum Gasteiger partial charge on any atom is -0.322 e. The number of aromatic nitrogens is 1. The molecule has 0 atom stereocenters. The maximum atomic E-state index is 13.0. The first-order valence-electron chi connectivity index (χ1n) is 5.74. The molecule has 0 spiro atoms. The maximum Gasteiger partial charge on any atom is 0.261 e. The van der Waals surface area contributed by atoms with Crippen molar-refractivity contribution in [3.63, 3.8) is 0 Å². The molecule has 0 saturated heterocycles. The Balaban J connectivity index is 2.26. The summed E-state index contributed by atoms with van der Waals surface area (Å²) in [4.78, 5) is 15.5. The van der Waals surface area contributed by atoms with E-state index < -0.39 is 20.8 Å². The number of halogens is 2. The van der Waals surface area contributed by atoms with E-state index in [0.29, 0.717) is 11.3 Å². The maximum absolute atomic E-state index is 13.0. The van der Waals surface area contributed by atoms with Crippen LogP contribution >= 0.6 is 10.7 Å². The third-order valence-electron chi connectivity index (χ3n) is 2.69. The topological polar surface area (TPSA) is 76.1 Å². The zero-order valence-electron chi connectivity index (χ0n) is 10.8. The third-order valence-corrected chi connectivity index (χ3v) is 4.05. The van der Waals surface area contributed by atoms with Crippen molar-refractivity contribution in [2.75, 3.05) is 5.32 Å². The lowest BCUT2D eigenvalue weighted by molar-refractivity contribution is 0.102. The number of amides is 1. The summed E-state index contributed by atoms with van der Waals surface area (Å²) in [5.74, 6) is -1.17. The summed E-state index contributed by atoms with van der Waals surface area (Å²) < 4.78 is 35.4. The van der Waals surface area contributed by atoms with Crippen LogP contribution in [0.5, 0.6) is 0 Å². The van der Waals surface area contributed by atoms with Gasteiger partial charge in [0.1, 0.15) is 5.82 Å². The van der Waals surface area contributed by atoms with Crippen LogP contribution in [-0.2, 0) is 9.05 Å². The number of nitrogens with zero attached hydrogens (tertiary/aromatic N) is 1. The van der Waals surface area contributed by atoms with E-state index in [0.717, 1.165) is 12.3 Å². The van der Waals surface area contributed by atoms with Gasteiger partial charge in [-0.15, -0.1) is 0 Å². The highest BCUT2D eigenvalue weighted by atomic mass is 35.7. The second-order valence-electron chi connectivity index (χ2n) is 4.26. The Morgan fingerprint density at radius 1 is 1.29 bits per heavy atom. The first-order valence-corrected chi connectivity index (χ1v) is 8.05. The number of benzene rings is 1. The van der Waals surface area contributed by atoms with E-state index in [1.54, 1.807) is 6.92 Å². The first-order chi connectivity index (χ1) is 9.77. The summed E-state index contributed by atoms with van der Waals surface area (Å²) >= 11 is 0. The molecule has 0 unspecified atom stereocenters. The molecule has 0 saturated carbocycles. The van der Waals surface area contributed by atoms with Crippen molar-refractivity contribution in [2.45, 2.75) is 11.8 Å². The van der Waals surface area contributed by atoms with Gasteiger partial charge in [0.15, 0.2) is 0 Å². The number of hydrogen-bond donors (Lipinski definition) is 1. The Bertz CT molecular complexity index is 809. The quantitative estimate of drug-likeness (QED) is 0.879. The van der Waals surface area contributed by atoms with Crippen molar-refractivity contribution in [3.05, 3.63) is 53.6 Å². The van der Waals surface area contributed by atoms with Gasteiger partial charge in [-0.05, 0) is 36.8 Å². The zero-order chi connectivity index (χ0) is 15.6. The molecule has 0 aliphatic carbocycles. The molecule has 110 valence electrons. The van der Waals surface area contributed by atoms with Gasteiger partial charge in [-0.25, -0.2) is 12.8 Å². The van der Waals surface area contributed by atoms with Crippen LogP contribution in [0.1, 0.15) is 15.9 Å². The van der Waals surface area contributed by atoms with E-state index in [9.17, 15) is 17.6 Å². The fourth-order valence-corrected chi connectivity index (χ4v) is 2.49. The molecule has 21 heavy (non-hydrogen) atoms. The van der Waals surface area contributed by atoms with E-state index in [-0.39, 0.29) is 10.5 Å². The highest BCUT2D eigenvalue weighted by Gasteiger charge is 2.13. The Morgan fingerprint density at radius 3 is 2.57 bits per heavy atom. The van der Waals surface area contributed by atoms with Gasteiger partial charge in [0.05, 0.1) is 16.7 Å². The van der Waals surface area contributed by atoms with Crippen molar-refractivity contribution < 1.29 is 17.6 Å². The van der Waals surface area contributed by atoms with Crippen molar-refractivity contribution in [1.82, 2.24) is 4.98 Å². The van der Waals surface area contributed by atoms with E-state index in [4.69, 9.17) is 10.7 Å². The molecule has 0 fully saturated rings. The van der Waals surface area contributed by atoms with Gasteiger partial charge in [0.25, 0.3) is 15.0 Å². The molecule has 0 aliphatic rings.